The van der Waals surface area contributed by atoms with Gasteiger partial charge in [-0.15, -0.1) is 0 Å². The molecule has 1 unspecified atom stereocenters. The van der Waals surface area contributed by atoms with E-state index in [0.717, 1.165) is 19.4 Å². The first-order chi connectivity index (χ1) is 7.16. The maximum atomic E-state index is 5.38. The highest BCUT2D eigenvalue weighted by atomic mass is 16.5. The van der Waals surface area contributed by atoms with Gasteiger partial charge in [0, 0.05) is 13.7 Å². The van der Waals surface area contributed by atoms with Crippen LogP contribution in [0.3, 0.4) is 0 Å². The van der Waals surface area contributed by atoms with Gasteiger partial charge >= 0.3 is 6.01 Å². The summed E-state index contributed by atoms with van der Waals surface area (Å²) in [4.78, 5) is 4.25. The fourth-order valence-electron chi connectivity index (χ4n) is 1.14. The number of hydrogen-bond donors (Lipinski definition) is 1. The molecule has 0 aromatic carbocycles. The molecule has 86 valence electrons. The minimum Gasteiger partial charge on any atom is -0.370 e. The third-order valence-electron chi connectivity index (χ3n) is 2.55. The second kappa shape index (κ2) is 5.11. The van der Waals surface area contributed by atoms with Gasteiger partial charge in [0.15, 0.2) is 0 Å². The molecule has 1 aromatic rings. The predicted molar refractivity (Wildman–Crippen MR) is 57.7 cm³/mol. The van der Waals surface area contributed by atoms with Crippen LogP contribution < -0.4 is 5.32 Å². The fourth-order valence-corrected chi connectivity index (χ4v) is 1.14. The lowest BCUT2D eigenvalue weighted by Gasteiger charge is -2.21. The summed E-state index contributed by atoms with van der Waals surface area (Å²) in [5, 5.41) is 6.95. The topological polar surface area (TPSA) is 60.2 Å². The average molecular weight is 213 g/mol. The second-order valence-electron chi connectivity index (χ2n) is 3.64. The second-order valence-corrected chi connectivity index (χ2v) is 3.64. The fraction of sp³-hybridized carbons (Fsp3) is 0.800. The van der Waals surface area contributed by atoms with Gasteiger partial charge in [-0.25, -0.2) is 0 Å². The molecule has 5 nitrogen and oxygen atoms in total. The molecule has 1 N–H and O–H groups in total. The summed E-state index contributed by atoms with van der Waals surface area (Å²) in [6.07, 6.45) is 1.82. The summed E-state index contributed by atoms with van der Waals surface area (Å²) in [6, 6.07) is 0.462. The molecule has 0 aliphatic heterocycles. The van der Waals surface area contributed by atoms with Crippen molar-refractivity contribution in [3.63, 3.8) is 0 Å². The van der Waals surface area contributed by atoms with Gasteiger partial charge in [0.05, 0.1) is 0 Å². The van der Waals surface area contributed by atoms with Crippen molar-refractivity contribution in [1.82, 2.24) is 10.1 Å². The first-order valence-electron chi connectivity index (χ1n) is 5.29. The largest absolute Gasteiger partial charge is 0.370 e. The van der Waals surface area contributed by atoms with Crippen LogP contribution in [0.5, 0.6) is 0 Å². The maximum Gasteiger partial charge on any atom is 0.321 e. The molecule has 0 radical (unpaired) electrons. The van der Waals surface area contributed by atoms with Crippen LogP contribution in [-0.2, 0) is 10.3 Å². The summed E-state index contributed by atoms with van der Waals surface area (Å²) in [5.74, 6) is 0.589. The van der Waals surface area contributed by atoms with Gasteiger partial charge in [0.2, 0.25) is 5.82 Å². The van der Waals surface area contributed by atoms with Crippen molar-refractivity contribution < 1.29 is 9.26 Å². The first kappa shape index (κ1) is 12.0. The van der Waals surface area contributed by atoms with Crippen molar-refractivity contribution in [1.29, 1.82) is 0 Å². The summed E-state index contributed by atoms with van der Waals surface area (Å²) in [7, 11) is 1.65. The van der Waals surface area contributed by atoms with Crippen molar-refractivity contribution in [2.75, 3.05) is 19.0 Å². The average Bonchev–Trinajstić information content (AvgIpc) is 2.74. The standard InChI is InChI=1S/C10H19N3O2/c1-5-7-11-9-12-8(13-15-9)10(3,6-2)14-4/h5-7H2,1-4H3,(H,11,12,13). The Labute approximate surface area is 90.2 Å². The van der Waals surface area contributed by atoms with Gasteiger partial charge in [-0.05, 0) is 19.8 Å². The number of aromatic nitrogens is 2. The van der Waals surface area contributed by atoms with Gasteiger partial charge in [-0.2, -0.15) is 4.98 Å². The van der Waals surface area contributed by atoms with E-state index in [1.165, 1.54) is 0 Å². The molecule has 15 heavy (non-hydrogen) atoms. The van der Waals surface area contributed by atoms with Gasteiger partial charge in [-0.3, -0.25) is 0 Å². The molecule has 5 heteroatoms. The smallest absolute Gasteiger partial charge is 0.321 e. The van der Waals surface area contributed by atoms with E-state index in [9.17, 15) is 0 Å². The molecule has 1 aromatic heterocycles. The number of methoxy groups -OCH3 is 1. The first-order valence-corrected chi connectivity index (χ1v) is 5.29. The van der Waals surface area contributed by atoms with E-state index < -0.39 is 5.60 Å². The summed E-state index contributed by atoms with van der Waals surface area (Å²) < 4.78 is 10.4. The summed E-state index contributed by atoms with van der Waals surface area (Å²) in [5.41, 5.74) is -0.463. The summed E-state index contributed by atoms with van der Waals surface area (Å²) in [6.45, 7) is 6.88. The molecule has 0 aliphatic carbocycles. The minimum absolute atomic E-state index is 0.462. The van der Waals surface area contributed by atoms with Crippen LogP contribution in [0.1, 0.15) is 39.4 Å². The molecule has 1 rings (SSSR count). The van der Waals surface area contributed by atoms with Gasteiger partial charge in [0.1, 0.15) is 5.60 Å². The van der Waals surface area contributed by atoms with Crippen LogP contribution in [0.2, 0.25) is 0 Å². The molecule has 0 amide bonds. The van der Waals surface area contributed by atoms with E-state index in [4.69, 9.17) is 9.26 Å². The van der Waals surface area contributed by atoms with E-state index in [2.05, 4.69) is 22.4 Å². The highest BCUT2D eigenvalue weighted by Crippen LogP contribution is 2.26. The number of hydrogen-bond acceptors (Lipinski definition) is 5. The Hall–Kier alpha value is -1.10. The van der Waals surface area contributed by atoms with Crippen LogP contribution >= 0.6 is 0 Å². The molecule has 1 atom stereocenters. The van der Waals surface area contributed by atoms with E-state index >= 15 is 0 Å². The van der Waals surface area contributed by atoms with Crippen LogP contribution in [0.4, 0.5) is 6.01 Å². The maximum absolute atomic E-state index is 5.38. The highest BCUT2D eigenvalue weighted by Gasteiger charge is 2.29. The molecule has 1 heterocycles. The van der Waals surface area contributed by atoms with Crippen LogP contribution in [-0.4, -0.2) is 23.8 Å². The molecular formula is C10H19N3O2. The summed E-state index contributed by atoms with van der Waals surface area (Å²) >= 11 is 0. The normalized spacial score (nSPS) is 14.9. The lowest BCUT2D eigenvalue weighted by Crippen LogP contribution is -2.24. The van der Waals surface area contributed by atoms with Crippen molar-refractivity contribution in [2.24, 2.45) is 0 Å². The van der Waals surface area contributed by atoms with Gasteiger partial charge in [-0.1, -0.05) is 19.0 Å². The van der Waals surface area contributed by atoms with Gasteiger partial charge < -0.3 is 14.6 Å². The Balaban J connectivity index is 2.74. The Morgan fingerprint density at radius 3 is 2.73 bits per heavy atom. The zero-order valence-electron chi connectivity index (χ0n) is 9.83. The van der Waals surface area contributed by atoms with Crippen LogP contribution in [0, 0.1) is 0 Å². The Bertz CT molecular complexity index is 295. The Morgan fingerprint density at radius 2 is 2.20 bits per heavy atom. The molecule has 0 fully saturated rings. The molecule has 0 aliphatic rings. The van der Waals surface area contributed by atoms with Crippen LogP contribution in [0.25, 0.3) is 0 Å². The van der Waals surface area contributed by atoms with E-state index in [0.29, 0.717) is 11.8 Å². The highest BCUT2D eigenvalue weighted by molar-refractivity contribution is 5.19. The molecule has 0 saturated heterocycles. The Kier molecular flexibility index (Phi) is 4.08. The predicted octanol–water partition coefficient (Wildman–Crippen LogP) is 2.16. The van der Waals surface area contributed by atoms with E-state index in [1.54, 1.807) is 7.11 Å². The third kappa shape index (κ3) is 2.68. The van der Waals surface area contributed by atoms with E-state index in [-0.39, 0.29) is 0 Å². The lowest BCUT2D eigenvalue weighted by molar-refractivity contribution is -0.0106. The van der Waals surface area contributed by atoms with Crippen molar-refractivity contribution in [2.45, 2.75) is 39.2 Å². The minimum atomic E-state index is -0.463. The molecular weight excluding hydrogens is 194 g/mol. The SMILES string of the molecule is CCCNc1nc(C(C)(CC)OC)no1. The monoisotopic (exact) mass is 213 g/mol. The Morgan fingerprint density at radius 1 is 1.47 bits per heavy atom. The molecule has 0 spiro atoms. The van der Waals surface area contributed by atoms with Crippen molar-refractivity contribution in [3.8, 4) is 0 Å². The van der Waals surface area contributed by atoms with Gasteiger partial charge in [0.25, 0.3) is 0 Å². The van der Waals surface area contributed by atoms with E-state index in [1.807, 2.05) is 13.8 Å². The quantitative estimate of drug-likeness (QED) is 0.784. The number of nitrogens with one attached hydrogen (secondary N) is 1. The third-order valence-corrected chi connectivity index (χ3v) is 2.55. The molecule has 0 saturated carbocycles. The number of anilines is 1. The zero-order chi connectivity index (χ0) is 11.3. The lowest BCUT2D eigenvalue weighted by atomic mass is 10.0. The number of rotatable bonds is 6. The van der Waals surface area contributed by atoms with Crippen molar-refractivity contribution in [3.05, 3.63) is 5.82 Å². The number of nitrogens with zero attached hydrogens (tertiary/aromatic N) is 2. The number of ether oxygens (including phenoxy) is 1. The van der Waals surface area contributed by atoms with Crippen LogP contribution in [0.15, 0.2) is 4.52 Å². The molecule has 0 bridgehead atoms. The zero-order valence-corrected chi connectivity index (χ0v) is 9.83. The van der Waals surface area contributed by atoms with Crippen molar-refractivity contribution >= 4 is 6.01 Å².